The number of anilines is 1. The molecule has 0 fully saturated rings. The van der Waals surface area contributed by atoms with E-state index in [-0.39, 0.29) is 22.0 Å². The second-order valence-corrected chi connectivity index (χ2v) is 6.89. The van der Waals surface area contributed by atoms with Gasteiger partial charge in [0.15, 0.2) is 0 Å². The van der Waals surface area contributed by atoms with Crippen LogP contribution in [0.25, 0.3) is 0 Å². The lowest BCUT2D eigenvalue weighted by Gasteiger charge is -2.12. The third kappa shape index (κ3) is 3.98. The van der Waals surface area contributed by atoms with Crippen LogP contribution >= 0.6 is 0 Å². The Morgan fingerprint density at radius 1 is 1.00 bits per heavy atom. The summed E-state index contributed by atoms with van der Waals surface area (Å²) in [5.74, 6) is -0.632. The quantitative estimate of drug-likeness (QED) is 0.689. The van der Waals surface area contributed by atoms with Gasteiger partial charge in [-0.15, -0.1) is 0 Å². The number of benzene rings is 2. The third-order valence-electron chi connectivity index (χ3n) is 3.36. The molecule has 0 aliphatic heterocycles. The number of aromatic nitrogens is 1. The van der Waals surface area contributed by atoms with Gasteiger partial charge in [0, 0.05) is 6.20 Å². The standard InChI is InChI=1S/C18H14N2O5S/c21-18(22)13-6-4-9-15(12-13)26(23,24)20-16-10-5-11-19-17(16)25-14-7-2-1-3-8-14/h1-12,20H,(H,21,22). The van der Waals surface area contributed by atoms with Gasteiger partial charge in [-0.2, -0.15) is 0 Å². The minimum atomic E-state index is -4.02. The maximum absolute atomic E-state index is 12.6. The summed E-state index contributed by atoms with van der Waals surface area (Å²) in [4.78, 5) is 14.9. The van der Waals surface area contributed by atoms with Gasteiger partial charge in [0.1, 0.15) is 11.4 Å². The molecule has 0 unspecified atom stereocenters. The number of ether oxygens (including phenoxy) is 1. The van der Waals surface area contributed by atoms with Gasteiger partial charge in [0.2, 0.25) is 5.88 Å². The minimum absolute atomic E-state index is 0.0802. The smallest absolute Gasteiger partial charge is 0.335 e. The van der Waals surface area contributed by atoms with Crippen LogP contribution in [0.1, 0.15) is 10.4 Å². The first kappa shape index (κ1) is 17.4. The maximum Gasteiger partial charge on any atom is 0.335 e. The molecule has 8 heteroatoms. The SMILES string of the molecule is O=C(O)c1cccc(S(=O)(=O)Nc2cccnc2Oc2ccccc2)c1. The summed E-state index contributed by atoms with van der Waals surface area (Å²) < 4.78 is 33.2. The van der Waals surface area contributed by atoms with Gasteiger partial charge in [-0.1, -0.05) is 24.3 Å². The maximum atomic E-state index is 12.6. The van der Waals surface area contributed by atoms with Crippen molar-refractivity contribution in [3.05, 3.63) is 78.5 Å². The molecule has 132 valence electrons. The summed E-state index contributed by atoms with van der Waals surface area (Å²) in [5, 5.41) is 9.03. The Labute approximate surface area is 150 Å². The van der Waals surface area contributed by atoms with Crippen LogP contribution in [0, 0.1) is 0 Å². The minimum Gasteiger partial charge on any atom is -0.478 e. The largest absolute Gasteiger partial charge is 0.478 e. The number of hydrogen-bond donors (Lipinski definition) is 2. The molecule has 1 aromatic heterocycles. The average molecular weight is 370 g/mol. The molecule has 0 bridgehead atoms. The number of sulfonamides is 1. The molecule has 0 saturated heterocycles. The summed E-state index contributed by atoms with van der Waals surface area (Å²) in [6.45, 7) is 0. The van der Waals surface area contributed by atoms with Crippen molar-refractivity contribution >= 4 is 21.7 Å². The third-order valence-corrected chi connectivity index (χ3v) is 4.73. The van der Waals surface area contributed by atoms with Crippen LogP contribution in [0.5, 0.6) is 11.6 Å². The van der Waals surface area contributed by atoms with Gasteiger partial charge >= 0.3 is 5.97 Å². The van der Waals surface area contributed by atoms with Crippen LogP contribution < -0.4 is 9.46 Å². The van der Waals surface area contributed by atoms with Crippen LogP contribution in [0.3, 0.4) is 0 Å². The second kappa shape index (κ2) is 7.24. The molecule has 3 rings (SSSR count). The monoisotopic (exact) mass is 370 g/mol. The van der Waals surface area contributed by atoms with Gasteiger partial charge < -0.3 is 9.84 Å². The van der Waals surface area contributed by atoms with Crippen molar-refractivity contribution in [3.63, 3.8) is 0 Å². The molecule has 2 N–H and O–H groups in total. The van der Waals surface area contributed by atoms with Gasteiger partial charge in [0.05, 0.1) is 10.5 Å². The highest BCUT2D eigenvalue weighted by Gasteiger charge is 2.19. The number of carboxylic acid groups (broad SMARTS) is 1. The summed E-state index contributed by atoms with van der Waals surface area (Å²) in [5.41, 5.74) is 0.0110. The summed E-state index contributed by atoms with van der Waals surface area (Å²) >= 11 is 0. The molecular weight excluding hydrogens is 356 g/mol. The van der Waals surface area contributed by atoms with Gasteiger partial charge in [-0.3, -0.25) is 4.72 Å². The number of rotatable bonds is 6. The van der Waals surface area contributed by atoms with E-state index in [1.165, 1.54) is 30.5 Å². The average Bonchev–Trinajstić information content (AvgIpc) is 2.64. The first-order valence-corrected chi connectivity index (χ1v) is 8.98. The van der Waals surface area contributed by atoms with E-state index < -0.39 is 16.0 Å². The Kier molecular flexibility index (Phi) is 4.85. The predicted molar refractivity (Wildman–Crippen MR) is 95.0 cm³/mol. The molecule has 0 saturated carbocycles. The molecule has 26 heavy (non-hydrogen) atoms. The highest BCUT2D eigenvalue weighted by Crippen LogP contribution is 2.28. The number of aromatic carboxylic acids is 1. The predicted octanol–water partition coefficient (Wildman–Crippen LogP) is 3.37. The zero-order valence-corrected chi connectivity index (χ0v) is 14.2. The van der Waals surface area contributed by atoms with Crippen LogP contribution in [0.2, 0.25) is 0 Å². The Balaban J connectivity index is 1.91. The Bertz CT molecular complexity index is 1040. The van der Waals surface area contributed by atoms with Crippen LogP contribution in [0.15, 0.2) is 77.8 Å². The van der Waals surface area contributed by atoms with E-state index in [9.17, 15) is 13.2 Å². The number of hydrogen-bond acceptors (Lipinski definition) is 5. The zero-order chi connectivity index (χ0) is 18.6. The first-order valence-electron chi connectivity index (χ1n) is 7.50. The van der Waals surface area contributed by atoms with E-state index in [0.717, 1.165) is 6.07 Å². The number of nitrogens with zero attached hydrogens (tertiary/aromatic N) is 1. The van der Waals surface area contributed by atoms with E-state index >= 15 is 0 Å². The zero-order valence-electron chi connectivity index (χ0n) is 13.4. The Hall–Kier alpha value is -3.39. The number of pyridine rings is 1. The van der Waals surface area contributed by atoms with E-state index in [4.69, 9.17) is 9.84 Å². The lowest BCUT2D eigenvalue weighted by molar-refractivity contribution is 0.0696. The molecule has 0 spiro atoms. The van der Waals surface area contributed by atoms with Crippen LogP contribution in [-0.2, 0) is 10.0 Å². The van der Waals surface area contributed by atoms with Crippen LogP contribution in [0.4, 0.5) is 5.69 Å². The Morgan fingerprint density at radius 3 is 2.50 bits per heavy atom. The van der Waals surface area contributed by atoms with Gasteiger partial charge in [0.25, 0.3) is 10.0 Å². The molecule has 2 aromatic carbocycles. The van der Waals surface area contributed by atoms with Crippen molar-refractivity contribution in [2.75, 3.05) is 4.72 Å². The fraction of sp³-hybridized carbons (Fsp3) is 0. The highest BCUT2D eigenvalue weighted by molar-refractivity contribution is 7.92. The van der Waals surface area contributed by atoms with Gasteiger partial charge in [-0.25, -0.2) is 18.2 Å². The van der Waals surface area contributed by atoms with Crippen molar-refractivity contribution in [2.24, 2.45) is 0 Å². The van der Waals surface area contributed by atoms with E-state index in [2.05, 4.69) is 9.71 Å². The molecule has 0 aliphatic rings. The molecule has 0 aliphatic carbocycles. The molecular formula is C18H14N2O5S. The lowest BCUT2D eigenvalue weighted by Crippen LogP contribution is -2.14. The number of nitrogens with one attached hydrogen (secondary N) is 1. The molecule has 1 heterocycles. The van der Waals surface area contributed by atoms with Crippen molar-refractivity contribution in [2.45, 2.75) is 4.90 Å². The number of carboxylic acids is 1. The van der Waals surface area contributed by atoms with Crippen LogP contribution in [-0.4, -0.2) is 24.5 Å². The molecule has 0 radical (unpaired) electrons. The summed E-state index contributed by atoms with van der Waals surface area (Å²) in [6, 6.07) is 16.9. The fourth-order valence-electron chi connectivity index (χ4n) is 2.15. The van der Waals surface area contributed by atoms with E-state index in [0.29, 0.717) is 5.75 Å². The number of para-hydroxylation sites is 1. The second-order valence-electron chi connectivity index (χ2n) is 5.21. The van der Waals surface area contributed by atoms with Gasteiger partial charge in [-0.05, 0) is 42.5 Å². The molecule has 0 atom stereocenters. The fourth-order valence-corrected chi connectivity index (χ4v) is 3.25. The van der Waals surface area contributed by atoms with Crippen molar-refractivity contribution in [3.8, 4) is 11.6 Å². The molecule has 3 aromatic rings. The number of carbonyl (C=O) groups is 1. The van der Waals surface area contributed by atoms with E-state index in [1.54, 1.807) is 30.3 Å². The lowest BCUT2D eigenvalue weighted by atomic mass is 10.2. The van der Waals surface area contributed by atoms with Crippen molar-refractivity contribution in [1.82, 2.24) is 4.98 Å². The normalized spacial score (nSPS) is 10.9. The molecule has 0 amide bonds. The Morgan fingerprint density at radius 2 is 1.77 bits per heavy atom. The van der Waals surface area contributed by atoms with Crippen molar-refractivity contribution < 1.29 is 23.1 Å². The highest BCUT2D eigenvalue weighted by atomic mass is 32.2. The first-order chi connectivity index (χ1) is 12.5. The summed E-state index contributed by atoms with van der Waals surface area (Å²) in [6.07, 6.45) is 1.47. The van der Waals surface area contributed by atoms with Crippen molar-refractivity contribution in [1.29, 1.82) is 0 Å². The topological polar surface area (TPSA) is 106 Å². The summed E-state index contributed by atoms with van der Waals surface area (Å²) in [7, 11) is -4.02. The molecule has 7 nitrogen and oxygen atoms in total. The van der Waals surface area contributed by atoms with E-state index in [1.807, 2.05) is 6.07 Å².